The summed E-state index contributed by atoms with van der Waals surface area (Å²) in [5.74, 6) is -0.614. The van der Waals surface area contributed by atoms with Crippen molar-refractivity contribution in [1.82, 2.24) is 15.0 Å². The van der Waals surface area contributed by atoms with Gasteiger partial charge < -0.3 is 24.7 Å². The van der Waals surface area contributed by atoms with Gasteiger partial charge in [-0.2, -0.15) is 18.2 Å². The topological polar surface area (TPSA) is 118 Å². The van der Waals surface area contributed by atoms with E-state index in [1.54, 1.807) is 63.4 Å². The van der Waals surface area contributed by atoms with Crippen molar-refractivity contribution in [3.63, 3.8) is 0 Å². The standard InChI is InChI=1S/C26H27F3N5O4P/c1-4-37-39(36,38-5-2)15-17-9-11-18(12-10-17)32-25-31-14-19(26(27,28)29)24(34-25)33-21-8-6-7-20-22(21)23(35)16(3)13-30-20/h6-14H,4-5,15H2,1-3H3,(H,30,35)(H2,31,32,33,34). The summed E-state index contributed by atoms with van der Waals surface area (Å²) in [6, 6.07) is 11.5. The molecule has 4 aromatic rings. The van der Waals surface area contributed by atoms with Crippen molar-refractivity contribution in [2.75, 3.05) is 23.8 Å². The van der Waals surface area contributed by atoms with Crippen LogP contribution in [0.2, 0.25) is 0 Å². The van der Waals surface area contributed by atoms with Crippen molar-refractivity contribution in [2.24, 2.45) is 0 Å². The monoisotopic (exact) mass is 561 g/mol. The van der Waals surface area contributed by atoms with Crippen molar-refractivity contribution >= 4 is 41.6 Å². The fourth-order valence-electron chi connectivity index (χ4n) is 3.91. The fraction of sp³-hybridized carbons (Fsp3) is 0.269. The number of aromatic amines is 1. The molecule has 0 unspecified atom stereocenters. The fourth-order valence-corrected chi connectivity index (χ4v) is 5.61. The van der Waals surface area contributed by atoms with E-state index in [1.165, 1.54) is 6.07 Å². The van der Waals surface area contributed by atoms with Crippen LogP contribution in [0.5, 0.6) is 0 Å². The molecule has 0 bridgehead atoms. The molecule has 206 valence electrons. The molecule has 0 radical (unpaired) electrons. The number of aromatic nitrogens is 3. The number of anilines is 4. The lowest BCUT2D eigenvalue weighted by atomic mass is 10.1. The molecule has 9 nitrogen and oxygen atoms in total. The molecule has 13 heteroatoms. The largest absolute Gasteiger partial charge is 0.421 e. The Hall–Kier alpha value is -3.73. The lowest BCUT2D eigenvalue weighted by molar-refractivity contribution is -0.137. The number of alkyl halides is 3. The molecule has 0 fully saturated rings. The highest BCUT2D eigenvalue weighted by Gasteiger charge is 2.35. The van der Waals surface area contributed by atoms with E-state index < -0.39 is 25.2 Å². The second-order valence-corrected chi connectivity index (χ2v) is 10.6. The smallest absolute Gasteiger partial charge is 0.361 e. The summed E-state index contributed by atoms with van der Waals surface area (Å²) < 4.78 is 64.8. The zero-order valence-corrected chi connectivity index (χ0v) is 22.3. The Morgan fingerprint density at radius 3 is 2.36 bits per heavy atom. The van der Waals surface area contributed by atoms with Gasteiger partial charge >= 0.3 is 13.8 Å². The number of hydrogen-bond donors (Lipinski definition) is 3. The minimum Gasteiger partial charge on any atom is -0.361 e. The van der Waals surface area contributed by atoms with E-state index in [2.05, 4.69) is 25.6 Å². The number of nitrogens with one attached hydrogen (secondary N) is 3. The van der Waals surface area contributed by atoms with Crippen molar-refractivity contribution in [3.05, 3.63) is 81.8 Å². The summed E-state index contributed by atoms with van der Waals surface area (Å²) in [5, 5.41) is 5.78. The minimum atomic E-state index is -4.75. The first-order valence-corrected chi connectivity index (χ1v) is 13.8. The van der Waals surface area contributed by atoms with Gasteiger partial charge in [-0.15, -0.1) is 0 Å². The van der Waals surface area contributed by atoms with E-state index in [0.717, 1.165) is 0 Å². The maximum atomic E-state index is 13.8. The third-order valence-electron chi connectivity index (χ3n) is 5.68. The van der Waals surface area contributed by atoms with Gasteiger partial charge in [-0.1, -0.05) is 18.2 Å². The third kappa shape index (κ3) is 6.65. The molecule has 0 aliphatic carbocycles. The summed E-state index contributed by atoms with van der Waals surface area (Å²) in [4.78, 5) is 23.6. The molecule has 0 amide bonds. The molecule has 2 aromatic heterocycles. The average molecular weight is 562 g/mol. The lowest BCUT2D eigenvalue weighted by Crippen LogP contribution is -2.14. The van der Waals surface area contributed by atoms with Gasteiger partial charge in [-0.25, -0.2) is 4.98 Å². The van der Waals surface area contributed by atoms with E-state index in [-0.39, 0.29) is 41.8 Å². The summed E-state index contributed by atoms with van der Waals surface area (Å²) in [6.07, 6.45) is -2.46. The van der Waals surface area contributed by atoms with Crippen molar-refractivity contribution < 1.29 is 26.8 Å². The van der Waals surface area contributed by atoms with Crippen LogP contribution in [0.25, 0.3) is 10.9 Å². The Labute approximate surface area is 222 Å². The van der Waals surface area contributed by atoms with Gasteiger partial charge in [-0.3, -0.25) is 9.36 Å². The highest BCUT2D eigenvalue weighted by Crippen LogP contribution is 2.51. The molecule has 39 heavy (non-hydrogen) atoms. The predicted octanol–water partition coefficient (Wildman–Crippen LogP) is 6.90. The normalized spacial score (nSPS) is 12.1. The number of benzene rings is 2. The molecular formula is C26H27F3N5O4P. The SMILES string of the molecule is CCOP(=O)(Cc1ccc(Nc2ncc(C(F)(F)F)c(Nc3cccc4[nH]cc(C)c(=O)c34)n2)cc1)OCC. The van der Waals surface area contributed by atoms with E-state index in [1.807, 2.05) is 0 Å². The van der Waals surface area contributed by atoms with Gasteiger partial charge in [0.2, 0.25) is 5.95 Å². The molecule has 0 atom stereocenters. The van der Waals surface area contributed by atoms with Crippen LogP contribution in [0.15, 0.2) is 59.7 Å². The molecule has 0 spiro atoms. The predicted molar refractivity (Wildman–Crippen MR) is 144 cm³/mol. The first-order valence-electron chi connectivity index (χ1n) is 12.1. The molecule has 0 saturated heterocycles. The van der Waals surface area contributed by atoms with E-state index in [9.17, 15) is 22.5 Å². The summed E-state index contributed by atoms with van der Waals surface area (Å²) in [7, 11) is -3.29. The molecule has 4 rings (SSSR count). The zero-order chi connectivity index (χ0) is 28.2. The molecule has 0 aliphatic heterocycles. The number of aryl methyl sites for hydroxylation is 1. The summed E-state index contributed by atoms with van der Waals surface area (Å²) in [6.45, 7) is 5.55. The maximum Gasteiger partial charge on any atom is 0.421 e. The van der Waals surface area contributed by atoms with Gasteiger partial charge in [-0.05, 0) is 50.6 Å². The maximum absolute atomic E-state index is 13.8. The Bertz CT molecular complexity index is 1570. The molecule has 0 aliphatic rings. The van der Waals surface area contributed by atoms with Crippen molar-refractivity contribution in [1.29, 1.82) is 0 Å². The van der Waals surface area contributed by atoms with E-state index >= 15 is 0 Å². The van der Waals surface area contributed by atoms with Crippen LogP contribution in [0.1, 0.15) is 30.5 Å². The third-order valence-corrected chi connectivity index (χ3v) is 7.73. The van der Waals surface area contributed by atoms with Crippen molar-refractivity contribution in [2.45, 2.75) is 33.1 Å². The summed E-state index contributed by atoms with van der Waals surface area (Å²) in [5.41, 5.74) is 0.834. The van der Waals surface area contributed by atoms with Crippen LogP contribution in [0, 0.1) is 6.92 Å². The van der Waals surface area contributed by atoms with Gasteiger partial charge in [0, 0.05) is 23.6 Å². The first-order chi connectivity index (χ1) is 18.5. The second-order valence-electron chi connectivity index (χ2n) is 8.53. The zero-order valence-electron chi connectivity index (χ0n) is 21.4. The molecule has 3 N–H and O–H groups in total. The number of pyridine rings is 1. The van der Waals surface area contributed by atoms with E-state index in [0.29, 0.717) is 28.5 Å². The highest BCUT2D eigenvalue weighted by molar-refractivity contribution is 7.53. The Morgan fingerprint density at radius 2 is 1.72 bits per heavy atom. The number of halogens is 3. The van der Waals surface area contributed by atoms with Crippen LogP contribution in [-0.2, 0) is 26.0 Å². The minimum absolute atomic E-state index is 0.0729. The van der Waals surface area contributed by atoms with Crippen molar-refractivity contribution in [3.8, 4) is 0 Å². The lowest BCUT2D eigenvalue weighted by Gasteiger charge is -2.17. The van der Waals surface area contributed by atoms with Crippen LogP contribution in [-0.4, -0.2) is 28.2 Å². The molecule has 2 aromatic carbocycles. The van der Waals surface area contributed by atoms with Gasteiger partial charge in [0.15, 0.2) is 5.43 Å². The number of fused-ring (bicyclic) bond motifs is 1. The Morgan fingerprint density at radius 1 is 1.03 bits per heavy atom. The number of rotatable bonds is 10. The first kappa shape index (κ1) is 28.3. The van der Waals surface area contributed by atoms with Gasteiger partial charge in [0.1, 0.15) is 11.4 Å². The Balaban J connectivity index is 1.63. The molecular weight excluding hydrogens is 534 g/mol. The summed E-state index contributed by atoms with van der Waals surface area (Å²) >= 11 is 0. The molecule has 2 heterocycles. The van der Waals surface area contributed by atoms with Gasteiger partial charge in [0.25, 0.3) is 0 Å². The molecule has 0 saturated carbocycles. The van der Waals surface area contributed by atoms with E-state index in [4.69, 9.17) is 9.05 Å². The number of hydrogen-bond acceptors (Lipinski definition) is 8. The van der Waals surface area contributed by atoms with Crippen LogP contribution in [0.4, 0.5) is 36.3 Å². The van der Waals surface area contributed by atoms with Crippen LogP contribution in [0.3, 0.4) is 0 Å². The quantitative estimate of drug-likeness (QED) is 0.179. The van der Waals surface area contributed by atoms with Crippen LogP contribution >= 0.6 is 7.60 Å². The van der Waals surface area contributed by atoms with Crippen LogP contribution < -0.4 is 16.1 Å². The number of nitrogens with zero attached hydrogens (tertiary/aromatic N) is 2. The highest BCUT2D eigenvalue weighted by atomic mass is 31.2. The number of H-pyrrole nitrogens is 1. The Kier molecular flexibility index (Phi) is 8.39. The van der Waals surface area contributed by atoms with Gasteiger partial charge in [0.05, 0.1) is 36.0 Å². The average Bonchev–Trinajstić information content (AvgIpc) is 2.87. The second kappa shape index (κ2) is 11.6.